The van der Waals surface area contributed by atoms with E-state index in [1.807, 2.05) is 0 Å². The van der Waals surface area contributed by atoms with Gasteiger partial charge in [-0.05, 0) is 19.3 Å². The number of aliphatic carboxylic acids is 1. The van der Waals surface area contributed by atoms with E-state index >= 15 is 0 Å². The van der Waals surface area contributed by atoms with Crippen molar-refractivity contribution in [3.05, 3.63) is 22.4 Å². The average Bonchev–Trinajstić information content (AvgIpc) is 3.22. The van der Waals surface area contributed by atoms with Crippen LogP contribution in [-0.4, -0.2) is 36.7 Å². The normalized spacial score (nSPS) is 26.6. The molecular weight excluding hydrogens is 322 g/mol. The van der Waals surface area contributed by atoms with Crippen LogP contribution < -0.4 is 5.56 Å². The predicted octanol–water partition coefficient (Wildman–Crippen LogP) is 2.06. The summed E-state index contributed by atoms with van der Waals surface area (Å²) in [5.74, 6) is -4.05. The van der Waals surface area contributed by atoms with E-state index in [0.717, 1.165) is 0 Å². The summed E-state index contributed by atoms with van der Waals surface area (Å²) in [6, 6.07) is -0.223. The minimum Gasteiger partial charge on any atom is -0.481 e. The first-order valence-corrected chi connectivity index (χ1v) is 7.94. The van der Waals surface area contributed by atoms with E-state index in [4.69, 9.17) is 5.11 Å². The molecule has 2 aliphatic rings. The monoisotopic (exact) mass is 338 g/mol. The van der Waals surface area contributed by atoms with Crippen LogP contribution >= 0.6 is 0 Å². The molecule has 2 unspecified atom stereocenters. The third-order valence-corrected chi connectivity index (χ3v) is 4.97. The Morgan fingerprint density at radius 2 is 2.08 bits per heavy atom. The van der Waals surface area contributed by atoms with Crippen LogP contribution in [0.2, 0.25) is 0 Å². The molecule has 2 atom stereocenters. The minimum absolute atomic E-state index is 0.210. The van der Waals surface area contributed by atoms with Crippen LogP contribution in [0.15, 0.2) is 11.0 Å². The van der Waals surface area contributed by atoms with E-state index in [-0.39, 0.29) is 43.2 Å². The quantitative estimate of drug-likeness (QED) is 0.892. The molecular formula is C15H16F2N4O3. The molecule has 0 bridgehead atoms. The first kappa shape index (κ1) is 15.2. The standard InChI is InChI=1S/C15H16F2N4O3/c16-15(17)3-1-7(2-4-15)21-12-10(6-18-21)13(22)20-11(19-12)8-5-9(8)14(23)24/h6-9H,1-5H2,(H,23,24)(H,19,20,22). The Bertz CT molecular complexity index is 865. The van der Waals surface area contributed by atoms with Crippen molar-refractivity contribution >= 4 is 17.0 Å². The maximum absolute atomic E-state index is 13.3. The van der Waals surface area contributed by atoms with Gasteiger partial charge in [0, 0.05) is 18.8 Å². The number of hydrogen-bond acceptors (Lipinski definition) is 4. The number of alkyl halides is 2. The van der Waals surface area contributed by atoms with Gasteiger partial charge < -0.3 is 10.1 Å². The zero-order valence-corrected chi connectivity index (χ0v) is 12.7. The Morgan fingerprint density at radius 1 is 1.38 bits per heavy atom. The van der Waals surface area contributed by atoms with E-state index in [1.165, 1.54) is 6.20 Å². The highest BCUT2D eigenvalue weighted by Gasteiger charge is 2.46. The van der Waals surface area contributed by atoms with Gasteiger partial charge in [0.05, 0.1) is 18.2 Å². The molecule has 0 radical (unpaired) electrons. The molecule has 2 saturated carbocycles. The van der Waals surface area contributed by atoms with E-state index in [1.54, 1.807) is 4.68 Å². The smallest absolute Gasteiger partial charge is 0.307 e. The van der Waals surface area contributed by atoms with Gasteiger partial charge in [-0.15, -0.1) is 0 Å². The molecule has 2 aliphatic carbocycles. The number of fused-ring (bicyclic) bond motifs is 1. The highest BCUT2D eigenvalue weighted by molar-refractivity contribution is 5.76. The van der Waals surface area contributed by atoms with Crippen LogP contribution in [0.4, 0.5) is 8.78 Å². The molecule has 0 aliphatic heterocycles. The number of carboxylic acids is 1. The maximum atomic E-state index is 13.3. The SMILES string of the molecule is O=C(O)C1CC1c1nc2c(cnn2C2CCC(F)(F)CC2)c(=O)[nH]1. The molecule has 2 heterocycles. The molecule has 9 heteroatoms. The fraction of sp³-hybridized carbons (Fsp3) is 0.600. The van der Waals surface area contributed by atoms with Crippen LogP contribution in [0, 0.1) is 5.92 Å². The van der Waals surface area contributed by atoms with E-state index in [0.29, 0.717) is 23.3 Å². The lowest BCUT2D eigenvalue weighted by Gasteiger charge is -2.28. The maximum Gasteiger partial charge on any atom is 0.307 e. The number of carbonyl (C=O) groups is 1. The Kier molecular flexibility index (Phi) is 3.23. The summed E-state index contributed by atoms with van der Waals surface area (Å²) in [6.45, 7) is 0. The summed E-state index contributed by atoms with van der Waals surface area (Å²) in [7, 11) is 0. The van der Waals surface area contributed by atoms with Gasteiger partial charge in [0.25, 0.3) is 5.56 Å². The number of aromatic amines is 1. The van der Waals surface area contributed by atoms with Gasteiger partial charge in [0.2, 0.25) is 5.92 Å². The molecule has 0 amide bonds. The second-order valence-electron chi connectivity index (χ2n) is 6.65. The predicted molar refractivity (Wildman–Crippen MR) is 79.1 cm³/mol. The van der Waals surface area contributed by atoms with E-state index in [9.17, 15) is 18.4 Å². The molecule has 24 heavy (non-hydrogen) atoms. The summed E-state index contributed by atoms with van der Waals surface area (Å²) in [6.07, 6.45) is 1.95. The Morgan fingerprint density at radius 3 is 2.71 bits per heavy atom. The van der Waals surface area contributed by atoms with Crippen molar-refractivity contribution in [1.29, 1.82) is 0 Å². The van der Waals surface area contributed by atoms with Crippen LogP contribution in [0.3, 0.4) is 0 Å². The Labute approximate surface area is 134 Å². The molecule has 7 nitrogen and oxygen atoms in total. The summed E-state index contributed by atoms with van der Waals surface area (Å²) < 4.78 is 28.2. The molecule has 0 spiro atoms. The molecule has 2 fully saturated rings. The number of aromatic nitrogens is 4. The minimum atomic E-state index is -2.64. The summed E-state index contributed by atoms with van der Waals surface area (Å²) in [5, 5.41) is 13.5. The third-order valence-electron chi connectivity index (χ3n) is 4.97. The first-order valence-electron chi connectivity index (χ1n) is 7.94. The lowest BCUT2D eigenvalue weighted by Crippen LogP contribution is -2.27. The fourth-order valence-electron chi connectivity index (χ4n) is 3.44. The second kappa shape index (κ2) is 5.09. The molecule has 2 aromatic rings. The average molecular weight is 338 g/mol. The fourth-order valence-corrected chi connectivity index (χ4v) is 3.44. The van der Waals surface area contributed by atoms with Gasteiger partial charge >= 0.3 is 5.97 Å². The van der Waals surface area contributed by atoms with Gasteiger partial charge in [-0.25, -0.2) is 18.4 Å². The molecule has 0 aromatic carbocycles. The van der Waals surface area contributed by atoms with E-state index in [2.05, 4.69) is 15.1 Å². The highest BCUT2D eigenvalue weighted by Crippen LogP contribution is 2.46. The zero-order chi connectivity index (χ0) is 17.1. The van der Waals surface area contributed by atoms with Crippen LogP contribution in [0.1, 0.15) is 49.9 Å². The molecule has 0 saturated heterocycles. The van der Waals surface area contributed by atoms with Gasteiger partial charge in [-0.2, -0.15) is 5.10 Å². The zero-order valence-electron chi connectivity index (χ0n) is 12.7. The van der Waals surface area contributed by atoms with Crippen molar-refractivity contribution < 1.29 is 18.7 Å². The highest BCUT2D eigenvalue weighted by atomic mass is 19.3. The van der Waals surface area contributed by atoms with Crippen molar-refractivity contribution in [2.75, 3.05) is 0 Å². The summed E-state index contributed by atoms with van der Waals surface area (Å²) >= 11 is 0. The third kappa shape index (κ3) is 2.47. The first-order chi connectivity index (χ1) is 11.4. The largest absolute Gasteiger partial charge is 0.481 e. The topological polar surface area (TPSA) is 101 Å². The summed E-state index contributed by atoms with van der Waals surface area (Å²) in [4.78, 5) is 30.2. The van der Waals surface area contributed by atoms with Crippen LogP contribution in [0.5, 0.6) is 0 Å². The van der Waals surface area contributed by atoms with Crippen molar-refractivity contribution in [2.24, 2.45) is 5.92 Å². The second-order valence-corrected chi connectivity index (χ2v) is 6.65. The van der Waals surface area contributed by atoms with Crippen LogP contribution in [-0.2, 0) is 4.79 Å². The van der Waals surface area contributed by atoms with Crippen molar-refractivity contribution in [3.8, 4) is 0 Å². The van der Waals surface area contributed by atoms with E-state index < -0.39 is 17.8 Å². The van der Waals surface area contributed by atoms with Gasteiger partial charge in [-0.1, -0.05) is 0 Å². The lowest BCUT2D eigenvalue weighted by atomic mass is 9.92. The van der Waals surface area contributed by atoms with Crippen LogP contribution in [0.25, 0.3) is 11.0 Å². The van der Waals surface area contributed by atoms with Gasteiger partial charge in [0.1, 0.15) is 11.2 Å². The lowest BCUT2D eigenvalue weighted by molar-refractivity contribution is -0.138. The Hall–Kier alpha value is -2.32. The van der Waals surface area contributed by atoms with Crippen molar-refractivity contribution in [1.82, 2.24) is 19.7 Å². The van der Waals surface area contributed by atoms with Crippen molar-refractivity contribution in [3.63, 3.8) is 0 Å². The number of nitrogens with zero attached hydrogens (tertiary/aromatic N) is 3. The number of halogens is 2. The molecule has 2 aromatic heterocycles. The number of rotatable bonds is 3. The molecule has 128 valence electrons. The van der Waals surface area contributed by atoms with Gasteiger partial charge in [-0.3, -0.25) is 9.59 Å². The number of H-pyrrole nitrogens is 1. The molecule has 2 N–H and O–H groups in total. The van der Waals surface area contributed by atoms with Gasteiger partial charge in [0.15, 0.2) is 5.65 Å². The van der Waals surface area contributed by atoms with Crippen molar-refractivity contribution in [2.45, 2.75) is 50.0 Å². The number of carboxylic acid groups (broad SMARTS) is 1. The number of nitrogens with one attached hydrogen (secondary N) is 1. The molecule has 4 rings (SSSR count). The Balaban J connectivity index is 1.69. The summed E-state index contributed by atoms with van der Waals surface area (Å²) in [5.41, 5.74) is -0.0292. The number of hydrogen-bond donors (Lipinski definition) is 2.